The molecular formula is C9H7FN2O. The van der Waals surface area contributed by atoms with Crippen LogP contribution in [-0.4, -0.2) is 10.9 Å². The van der Waals surface area contributed by atoms with E-state index in [4.69, 9.17) is 5.73 Å². The summed E-state index contributed by atoms with van der Waals surface area (Å²) < 4.78 is 13.3. The van der Waals surface area contributed by atoms with Crippen LogP contribution in [0.5, 0.6) is 0 Å². The van der Waals surface area contributed by atoms with E-state index < -0.39 is 11.7 Å². The number of nitrogens with two attached hydrogens (primary N) is 1. The summed E-state index contributed by atoms with van der Waals surface area (Å²) in [4.78, 5) is 13.4. The maximum absolute atomic E-state index is 13.3. The average Bonchev–Trinajstić information content (AvgIpc) is 2.45. The van der Waals surface area contributed by atoms with Gasteiger partial charge in [0.1, 0.15) is 5.69 Å². The van der Waals surface area contributed by atoms with Crippen molar-refractivity contribution in [1.29, 1.82) is 0 Å². The van der Waals surface area contributed by atoms with Gasteiger partial charge in [0.25, 0.3) is 5.91 Å². The molecule has 3 nitrogen and oxygen atoms in total. The number of amides is 1. The molecule has 1 amide bonds. The number of rotatable bonds is 1. The van der Waals surface area contributed by atoms with Gasteiger partial charge >= 0.3 is 0 Å². The topological polar surface area (TPSA) is 58.9 Å². The standard InChI is InChI=1S/C9H7FN2O/c10-7-5-3-1-2-4-6(5)12-8(7)9(11)13/h1-4,12H,(H2,11,13). The third-order valence-corrected chi connectivity index (χ3v) is 1.89. The summed E-state index contributed by atoms with van der Waals surface area (Å²) in [5.41, 5.74) is 5.38. The van der Waals surface area contributed by atoms with E-state index in [1.807, 2.05) is 0 Å². The minimum Gasteiger partial charge on any atom is -0.364 e. The molecule has 1 aromatic heterocycles. The fraction of sp³-hybridized carbons (Fsp3) is 0. The van der Waals surface area contributed by atoms with Gasteiger partial charge in [-0.15, -0.1) is 0 Å². The molecule has 66 valence electrons. The van der Waals surface area contributed by atoms with Crippen molar-refractivity contribution in [1.82, 2.24) is 4.98 Å². The molecule has 0 aliphatic carbocycles. The van der Waals surface area contributed by atoms with E-state index in [0.717, 1.165) is 0 Å². The number of nitrogens with one attached hydrogen (secondary N) is 1. The van der Waals surface area contributed by atoms with E-state index in [2.05, 4.69) is 4.98 Å². The normalized spacial score (nSPS) is 10.5. The Hall–Kier alpha value is -1.84. The molecular weight excluding hydrogens is 171 g/mol. The second-order valence-electron chi connectivity index (χ2n) is 2.72. The number of primary amides is 1. The quantitative estimate of drug-likeness (QED) is 0.681. The number of hydrogen-bond acceptors (Lipinski definition) is 1. The zero-order chi connectivity index (χ0) is 9.42. The molecule has 4 heteroatoms. The molecule has 0 saturated heterocycles. The molecule has 0 spiro atoms. The van der Waals surface area contributed by atoms with E-state index in [1.165, 1.54) is 0 Å². The molecule has 2 rings (SSSR count). The van der Waals surface area contributed by atoms with Crippen molar-refractivity contribution in [2.45, 2.75) is 0 Å². The van der Waals surface area contributed by atoms with Gasteiger partial charge in [0, 0.05) is 10.9 Å². The molecule has 0 saturated carbocycles. The number of fused-ring (bicyclic) bond motifs is 1. The van der Waals surface area contributed by atoms with Gasteiger partial charge in [-0.05, 0) is 12.1 Å². The van der Waals surface area contributed by atoms with Crippen molar-refractivity contribution in [3.8, 4) is 0 Å². The van der Waals surface area contributed by atoms with Crippen LogP contribution in [0.15, 0.2) is 24.3 Å². The van der Waals surface area contributed by atoms with Gasteiger partial charge in [-0.3, -0.25) is 4.79 Å². The molecule has 0 fully saturated rings. The summed E-state index contributed by atoms with van der Waals surface area (Å²) >= 11 is 0. The van der Waals surface area contributed by atoms with Gasteiger partial charge in [-0.1, -0.05) is 12.1 Å². The smallest absolute Gasteiger partial charge is 0.268 e. The van der Waals surface area contributed by atoms with Gasteiger partial charge < -0.3 is 10.7 Å². The van der Waals surface area contributed by atoms with Crippen molar-refractivity contribution in [3.63, 3.8) is 0 Å². The summed E-state index contributed by atoms with van der Waals surface area (Å²) in [6.07, 6.45) is 0. The maximum Gasteiger partial charge on any atom is 0.268 e. The fourth-order valence-electron chi connectivity index (χ4n) is 1.28. The minimum atomic E-state index is -0.784. The first-order chi connectivity index (χ1) is 6.20. The highest BCUT2D eigenvalue weighted by molar-refractivity contribution is 5.97. The van der Waals surface area contributed by atoms with E-state index in [1.54, 1.807) is 24.3 Å². The molecule has 3 N–H and O–H groups in total. The van der Waals surface area contributed by atoms with E-state index in [0.29, 0.717) is 10.9 Å². The first-order valence-corrected chi connectivity index (χ1v) is 3.76. The van der Waals surface area contributed by atoms with Crippen LogP contribution < -0.4 is 5.73 Å². The Kier molecular flexibility index (Phi) is 1.55. The highest BCUT2D eigenvalue weighted by atomic mass is 19.1. The molecule has 2 aromatic rings. The van der Waals surface area contributed by atoms with Crippen LogP contribution in [0.4, 0.5) is 4.39 Å². The SMILES string of the molecule is NC(=O)c1[nH]c2ccccc2c1F. The van der Waals surface area contributed by atoms with Crippen LogP contribution in [0, 0.1) is 5.82 Å². The summed E-state index contributed by atoms with van der Waals surface area (Å²) in [6.45, 7) is 0. The van der Waals surface area contributed by atoms with Crippen molar-refractivity contribution >= 4 is 16.8 Å². The van der Waals surface area contributed by atoms with E-state index in [-0.39, 0.29) is 5.69 Å². The van der Waals surface area contributed by atoms with Gasteiger partial charge in [0.05, 0.1) is 0 Å². The van der Waals surface area contributed by atoms with E-state index in [9.17, 15) is 9.18 Å². The number of benzene rings is 1. The first-order valence-electron chi connectivity index (χ1n) is 3.76. The van der Waals surface area contributed by atoms with Gasteiger partial charge in [-0.2, -0.15) is 0 Å². The summed E-state index contributed by atoms with van der Waals surface area (Å²) in [7, 11) is 0. The predicted molar refractivity (Wildman–Crippen MR) is 46.8 cm³/mol. The lowest BCUT2D eigenvalue weighted by molar-refractivity contribution is 0.0992. The largest absolute Gasteiger partial charge is 0.364 e. The summed E-state index contributed by atoms with van der Waals surface area (Å²) in [5.74, 6) is -1.36. The monoisotopic (exact) mass is 178 g/mol. The fourth-order valence-corrected chi connectivity index (χ4v) is 1.28. The van der Waals surface area contributed by atoms with Crippen molar-refractivity contribution in [2.75, 3.05) is 0 Å². The number of hydrogen-bond donors (Lipinski definition) is 2. The Labute approximate surface area is 73.4 Å². The Bertz CT molecular complexity index is 475. The molecule has 1 heterocycles. The number of aromatic nitrogens is 1. The number of carbonyl (C=O) groups excluding carboxylic acids is 1. The molecule has 0 aliphatic heterocycles. The first kappa shape index (κ1) is 7.79. The van der Waals surface area contributed by atoms with Crippen LogP contribution >= 0.6 is 0 Å². The lowest BCUT2D eigenvalue weighted by Crippen LogP contribution is -2.12. The number of halogens is 1. The third kappa shape index (κ3) is 1.07. The average molecular weight is 178 g/mol. The number of aromatic amines is 1. The van der Waals surface area contributed by atoms with Gasteiger partial charge in [0.15, 0.2) is 5.82 Å². The zero-order valence-corrected chi connectivity index (χ0v) is 6.67. The molecule has 0 radical (unpaired) electrons. The molecule has 13 heavy (non-hydrogen) atoms. The molecule has 0 aliphatic rings. The molecule has 0 atom stereocenters. The molecule has 0 unspecified atom stereocenters. The molecule has 1 aromatic carbocycles. The summed E-state index contributed by atoms with van der Waals surface area (Å²) in [6, 6.07) is 6.73. The van der Waals surface area contributed by atoms with Gasteiger partial charge in [0.2, 0.25) is 0 Å². The number of para-hydroxylation sites is 1. The Morgan fingerprint density at radius 1 is 1.38 bits per heavy atom. The van der Waals surface area contributed by atoms with Crippen LogP contribution in [0.25, 0.3) is 10.9 Å². The number of H-pyrrole nitrogens is 1. The van der Waals surface area contributed by atoms with Crippen LogP contribution in [0.3, 0.4) is 0 Å². The van der Waals surface area contributed by atoms with Crippen LogP contribution in [0.1, 0.15) is 10.5 Å². The second kappa shape index (κ2) is 2.58. The Morgan fingerprint density at radius 3 is 2.69 bits per heavy atom. The minimum absolute atomic E-state index is 0.166. The van der Waals surface area contributed by atoms with Crippen molar-refractivity contribution < 1.29 is 9.18 Å². The lowest BCUT2D eigenvalue weighted by Gasteiger charge is -1.87. The second-order valence-corrected chi connectivity index (χ2v) is 2.72. The predicted octanol–water partition coefficient (Wildman–Crippen LogP) is 1.41. The highest BCUT2D eigenvalue weighted by Gasteiger charge is 2.14. The highest BCUT2D eigenvalue weighted by Crippen LogP contribution is 2.19. The van der Waals surface area contributed by atoms with Gasteiger partial charge in [-0.25, -0.2) is 4.39 Å². The Balaban J connectivity index is 2.81. The van der Waals surface area contributed by atoms with Crippen LogP contribution in [0.2, 0.25) is 0 Å². The zero-order valence-electron chi connectivity index (χ0n) is 6.67. The molecule has 0 bridgehead atoms. The lowest BCUT2D eigenvalue weighted by atomic mass is 10.2. The van der Waals surface area contributed by atoms with E-state index >= 15 is 0 Å². The third-order valence-electron chi connectivity index (χ3n) is 1.89. The Morgan fingerprint density at radius 2 is 2.08 bits per heavy atom. The maximum atomic E-state index is 13.3. The summed E-state index contributed by atoms with van der Waals surface area (Å²) in [5, 5.41) is 0.385. The van der Waals surface area contributed by atoms with Crippen molar-refractivity contribution in [3.05, 3.63) is 35.8 Å². The van der Waals surface area contributed by atoms with Crippen LogP contribution in [-0.2, 0) is 0 Å². The van der Waals surface area contributed by atoms with Crippen molar-refractivity contribution in [2.24, 2.45) is 5.73 Å². The number of carbonyl (C=O) groups is 1.